The fourth-order valence-electron chi connectivity index (χ4n) is 1.87. The SMILES string of the molecule is CC(CC(=O)O)Nc1ccccc1Oc1ccccc1. The summed E-state index contributed by atoms with van der Waals surface area (Å²) in [4.78, 5) is 10.7. The highest BCUT2D eigenvalue weighted by atomic mass is 16.5. The summed E-state index contributed by atoms with van der Waals surface area (Å²) in [5.41, 5.74) is 0.783. The molecule has 4 heteroatoms. The van der Waals surface area contributed by atoms with Gasteiger partial charge in [-0.3, -0.25) is 4.79 Å². The van der Waals surface area contributed by atoms with Crippen molar-refractivity contribution in [1.29, 1.82) is 0 Å². The highest BCUT2D eigenvalue weighted by molar-refractivity contribution is 5.68. The molecule has 4 nitrogen and oxygen atoms in total. The van der Waals surface area contributed by atoms with Gasteiger partial charge in [0.25, 0.3) is 0 Å². The van der Waals surface area contributed by atoms with Crippen LogP contribution < -0.4 is 10.1 Å². The Morgan fingerprint density at radius 3 is 2.50 bits per heavy atom. The van der Waals surface area contributed by atoms with E-state index in [9.17, 15) is 4.79 Å². The quantitative estimate of drug-likeness (QED) is 0.840. The number of nitrogens with one attached hydrogen (secondary N) is 1. The largest absolute Gasteiger partial charge is 0.481 e. The average molecular weight is 271 g/mol. The standard InChI is InChI=1S/C16H17NO3/c1-12(11-16(18)19)17-14-9-5-6-10-15(14)20-13-7-3-2-4-8-13/h2-10,12,17H,11H2,1H3,(H,18,19). The molecule has 0 spiro atoms. The van der Waals surface area contributed by atoms with Gasteiger partial charge in [-0.2, -0.15) is 0 Å². The number of anilines is 1. The van der Waals surface area contributed by atoms with E-state index in [1.54, 1.807) is 0 Å². The molecule has 2 N–H and O–H groups in total. The minimum absolute atomic E-state index is 0.0552. The summed E-state index contributed by atoms with van der Waals surface area (Å²) in [5.74, 6) is 0.593. The van der Waals surface area contributed by atoms with E-state index in [-0.39, 0.29) is 12.5 Å². The van der Waals surface area contributed by atoms with Gasteiger partial charge in [-0.05, 0) is 31.2 Å². The predicted octanol–water partition coefficient (Wildman–Crippen LogP) is 3.75. The van der Waals surface area contributed by atoms with E-state index in [0.29, 0.717) is 5.75 Å². The van der Waals surface area contributed by atoms with Crippen LogP contribution in [0.15, 0.2) is 54.6 Å². The minimum atomic E-state index is -0.827. The number of hydrogen-bond acceptors (Lipinski definition) is 3. The van der Waals surface area contributed by atoms with Crippen molar-refractivity contribution in [2.45, 2.75) is 19.4 Å². The molecule has 2 rings (SSSR count). The molecule has 0 saturated heterocycles. The fourth-order valence-corrected chi connectivity index (χ4v) is 1.87. The summed E-state index contributed by atoms with van der Waals surface area (Å²) in [5, 5.41) is 12.0. The third-order valence-electron chi connectivity index (χ3n) is 2.74. The van der Waals surface area contributed by atoms with Gasteiger partial charge in [0.2, 0.25) is 0 Å². The lowest BCUT2D eigenvalue weighted by Crippen LogP contribution is -2.19. The zero-order valence-corrected chi connectivity index (χ0v) is 11.2. The number of aliphatic carboxylic acids is 1. The van der Waals surface area contributed by atoms with E-state index >= 15 is 0 Å². The molecule has 20 heavy (non-hydrogen) atoms. The third kappa shape index (κ3) is 4.02. The maximum Gasteiger partial charge on any atom is 0.305 e. The minimum Gasteiger partial charge on any atom is -0.481 e. The van der Waals surface area contributed by atoms with Gasteiger partial charge in [0, 0.05) is 6.04 Å². The van der Waals surface area contributed by atoms with Crippen LogP contribution in [0.1, 0.15) is 13.3 Å². The van der Waals surface area contributed by atoms with Crippen LogP contribution >= 0.6 is 0 Å². The lowest BCUT2D eigenvalue weighted by molar-refractivity contribution is -0.137. The van der Waals surface area contributed by atoms with E-state index in [4.69, 9.17) is 9.84 Å². The number of hydrogen-bond donors (Lipinski definition) is 2. The van der Waals surface area contributed by atoms with Crippen LogP contribution in [0.25, 0.3) is 0 Å². The topological polar surface area (TPSA) is 58.6 Å². The summed E-state index contributed by atoms with van der Waals surface area (Å²) < 4.78 is 5.81. The Labute approximate surface area is 118 Å². The highest BCUT2D eigenvalue weighted by Gasteiger charge is 2.10. The molecule has 0 saturated carbocycles. The van der Waals surface area contributed by atoms with Crippen LogP contribution in [-0.4, -0.2) is 17.1 Å². The number of rotatable bonds is 6. The highest BCUT2D eigenvalue weighted by Crippen LogP contribution is 2.29. The average Bonchev–Trinajstić information content (AvgIpc) is 2.41. The molecule has 0 aliphatic rings. The first kappa shape index (κ1) is 13.9. The van der Waals surface area contributed by atoms with E-state index in [1.807, 2.05) is 61.5 Å². The Morgan fingerprint density at radius 1 is 1.15 bits per heavy atom. The third-order valence-corrected chi connectivity index (χ3v) is 2.74. The predicted molar refractivity (Wildman–Crippen MR) is 78.3 cm³/mol. The molecule has 104 valence electrons. The van der Waals surface area contributed by atoms with Gasteiger partial charge in [-0.25, -0.2) is 0 Å². The summed E-state index contributed by atoms with van der Waals surface area (Å²) in [6.07, 6.45) is 0.0552. The van der Waals surface area contributed by atoms with Crippen molar-refractivity contribution < 1.29 is 14.6 Å². The second kappa shape index (κ2) is 6.61. The van der Waals surface area contributed by atoms with Crippen molar-refractivity contribution in [2.24, 2.45) is 0 Å². The molecule has 0 fully saturated rings. The monoisotopic (exact) mass is 271 g/mol. The molecule has 0 bridgehead atoms. The van der Waals surface area contributed by atoms with Gasteiger partial charge in [0.05, 0.1) is 12.1 Å². The number of benzene rings is 2. The smallest absolute Gasteiger partial charge is 0.305 e. The first-order chi connectivity index (χ1) is 9.65. The van der Waals surface area contributed by atoms with Gasteiger partial charge in [0.1, 0.15) is 5.75 Å². The molecule has 1 unspecified atom stereocenters. The van der Waals surface area contributed by atoms with Crippen LogP contribution in [0, 0.1) is 0 Å². The second-order valence-corrected chi connectivity index (χ2v) is 4.55. The van der Waals surface area contributed by atoms with Crippen molar-refractivity contribution in [3.63, 3.8) is 0 Å². The lowest BCUT2D eigenvalue weighted by atomic mass is 10.2. The fraction of sp³-hybridized carbons (Fsp3) is 0.188. The van der Waals surface area contributed by atoms with Gasteiger partial charge >= 0.3 is 5.97 Å². The summed E-state index contributed by atoms with van der Waals surface area (Å²) in [6, 6.07) is 16.8. The maximum absolute atomic E-state index is 10.7. The Bertz CT molecular complexity index is 569. The van der Waals surface area contributed by atoms with Gasteiger partial charge in [-0.15, -0.1) is 0 Å². The molecule has 0 heterocycles. The molecule has 2 aromatic rings. The first-order valence-electron chi connectivity index (χ1n) is 6.45. The number of ether oxygens (including phenoxy) is 1. The zero-order chi connectivity index (χ0) is 14.4. The van der Waals surface area contributed by atoms with Crippen molar-refractivity contribution in [3.8, 4) is 11.5 Å². The summed E-state index contributed by atoms with van der Waals surface area (Å²) in [7, 11) is 0. The van der Waals surface area contributed by atoms with Crippen LogP contribution in [0.4, 0.5) is 5.69 Å². The molecular weight excluding hydrogens is 254 g/mol. The number of carboxylic acid groups (broad SMARTS) is 1. The van der Waals surface area contributed by atoms with E-state index in [2.05, 4.69) is 5.32 Å². The Hall–Kier alpha value is -2.49. The van der Waals surface area contributed by atoms with Crippen molar-refractivity contribution in [3.05, 3.63) is 54.6 Å². The molecular formula is C16H17NO3. The van der Waals surface area contributed by atoms with Crippen LogP contribution in [0.5, 0.6) is 11.5 Å². The Balaban J connectivity index is 2.12. The number of carboxylic acids is 1. The molecule has 0 aliphatic carbocycles. The lowest BCUT2D eigenvalue weighted by Gasteiger charge is -2.16. The van der Waals surface area contributed by atoms with E-state index < -0.39 is 5.97 Å². The Morgan fingerprint density at radius 2 is 1.80 bits per heavy atom. The van der Waals surface area contributed by atoms with Gasteiger partial charge in [-0.1, -0.05) is 30.3 Å². The zero-order valence-electron chi connectivity index (χ0n) is 11.2. The number of carbonyl (C=O) groups is 1. The molecule has 2 aromatic carbocycles. The molecule has 0 aliphatic heterocycles. The first-order valence-corrected chi connectivity index (χ1v) is 6.45. The normalized spacial score (nSPS) is 11.7. The number of para-hydroxylation sites is 3. The van der Waals surface area contributed by atoms with Crippen molar-refractivity contribution >= 4 is 11.7 Å². The maximum atomic E-state index is 10.7. The van der Waals surface area contributed by atoms with Gasteiger partial charge < -0.3 is 15.2 Å². The molecule has 1 atom stereocenters. The molecule has 0 aromatic heterocycles. The van der Waals surface area contributed by atoms with Gasteiger partial charge in [0.15, 0.2) is 5.75 Å². The van der Waals surface area contributed by atoms with Crippen LogP contribution in [-0.2, 0) is 4.79 Å². The summed E-state index contributed by atoms with van der Waals surface area (Å²) in [6.45, 7) is 1.83. The van der Waals surface area contributed by atoms with Crippen molar-refractivity contribution in [2.75, 3.05) is 5.32 Å². The van der Waals surface area contributed by atoms with E-state index in [0.717, 1.165) is 11.4 Å². The van der Waals surface area contributed by atoms with E-state index in [1.165, 1.54) is 0 Å². The van der Waals surface area contributed by atoms with Crippen molar-refractivity contribution in [1.82, 2.24) is 0 Å². The second-order valence-electron chi connectivity index (χ2n) is 4.55. The molecule has 0 radical (unpaired) electrons. The Kier molecular flexibility index (Phi) is 4.60. The van der Waals surface area contributed by atoms with Crippen LogP contribution in [0.3, 0.4) is 0 Å². The summed E-state index contributed by atoms with van der Waals surface area (Å²) >= 11 is 0. The molecule has 0 amide bonds. The van der Waals surface area contributed by atoms with Crippen LogP contribution in [0.2, 0.25) is 0 Å².